The van der Waals surface area contributed by atoms with Crippen LogP contribution in [0.4, 0.5) is 4.79 Å². The number of nitrogens with one attached hydrogen (secondary N) is 1. The van der Waals surface area contributed by atoms with Crippen molar-refractivity contribution in [1.82, 2.24) is 10.3 Å². The number of alkyl carbamates (subject to hydrolysis) is 1. The molecule has 2 atom stereocenters. The van der Waals surface area contributed by atoms with E-state index >= 15 is 0 Å². The van der Waals surface area contributed by atoms with Crippen molar-refractivity contribution in [2.75, 3.05) is 13.2 Å². The first-order valence-electron chi connectivity index (χ1n) is 10.2. The van der Waals surface area contributed by atoms with Crippen molar-refractivity contribution in [3.05, 3.63) is 57.2 Å². The highest BCUT2D eigenvalue weighted by Crippen LogP contribution is 2.29. The van der Waals surface area contributed by atoms with Gasteiger partial charge in [-0.2, -0.15) is 0 Å². The first-order chi connectivity index (χ1) is 15.0. The lowest BCUT2D eigenvalue weighted by atomic mass is 9.96. The number of benzene rings is 1. The summed E-state index contributed by atoms with van der Waals surface area (Å²) in [7, 11) is 0. The maximum Gasteiger partial charge on any atom is 0.408 e. The van der Waals surface area contributed by atoms with Gasteiger partial charge in [-0.1, -0.05) is 29.3 Å². The third-order valence-corrected chi connectivity index (χ3v) is 5.44. The molecule has 2 aromatic rings. The van der Waals surface area contributed by atoms with E-state index in [4.69, 9.17) is 37.4 Å². The molecule has 3 rings (SSSR count). The Kier molecular flexibility index (Phi) is 7.64. The summed E-state index contributed by atoms with van der Waals surface area (Å²) >= 11 is 12.2. The number of rotatable bonds is 6. The van der Waals surface area contributed by atoms with Gasteiger partial charge >= 0.3 is 6.09 Å². The second kappa shape index (κ2) is 10.1. The number of carbonyl (C=O) groups is 2. The molecule has 0 radical (unpaired) electrons. The van der Waals surface area contributed by atoms with E-state index in [1.54, 1.807) is 58.0 Å². The zero-order valence-electron chi connectivity index (χ0n) is 18.4. The molecule has 1 saturated heterocycles. The van der Waals surface area contributed by atoms with Crippen LogP contribution in [0.5, 0.6) is 5.88 Å². The fourth-order valence-electron chi connectivity index (χ4n) is 3.21. The van der Waals surface area contributed by atoms with Gasteiger partial charge < -0.3 is 19.5 Å². The van der Waals surface area contributed by atoms with Crippen LogP contribution in [-0.4, -0.2) is 41.8 Å². The molecular formula is C23H26Cl2N2O5. The Morgan fingerprint density at radius 2 is 1.94 bits per heavy atom. The molecule has 1 amide bonds. The Hall–Kier alpha value is -2.35. The third-order valence-electron chi connectivity index (χ3n) is 4.70. The lowest BCUT2D eigenvalue weighted by Gasteiger charge is -2.24. The summed E-state index contributed by atoms with van der Waals surface area (Å²) in [6.45, 7) is 8.10. The highest BCUT2D eigenvalue weighted by Gasteiger charge is 2.29. The minimum Gasteiger partial charge on any atom is -0.472 e. The lowest BCUT2D eigenvalue weighted by molar-refractivity contribution is 0.0490. The topological polar surface area (TPSA) is 86.8 Å². The summed E-state index contributed by atoms with van der Waals surface area (Å²) in [4.78, 5) is 30.4. The van der Waals surface area contributed by atoms with Gasteiger partial charge in [-0.15, -0.1) is 0 Å². The fourth-order valence-corrected chi connectivity index (χ4v) is 3.52. The van der Waals surface area contributed by atoms with E-state index in [0.717, 1.165) is 6.42 Å². The Labute approximate surface area is 197 Å². The van der Waals surface area contributed by atoms with Crippen LogP contribution in [0.25, 0.3) is 0 Å². The highest BCUT2D eigenvalue weighted by molar-refractivity contribution is 6.42. The van der Waals surface area contributed by atoms with Crippen LogP contribution in [0.15, 0.2) is 30.3 Å². The number of ether oxygens (including phenoxy) is 3. The normalized spacial score (nSPS) is 17.0. The van der Waals surface area contributed by atoms with Crippen LogP contribution in [0, 0.1) is 6.92 Å². The van der Waals surface area contributed by atoms with E-state index in [1.165, 1.54) is 0 Å². The molecule has 9 heteroatoms. The molecule has 0 spiro atoms. The summed E-state index contributed by atoms with van der Waals surface area (Å²) in [5.74, 6) is 0.0516. The summed E-state index contributed by atoms with van der Waals surface area (Å²) < 4.78 is 16.5. The van der Waals surface area contributed by atoms with Gasteiger partial charge in [-0.05, 0) is 51.5 Å². The lowest BCUT2D eigenvalue weighted by Crippen LogP contribution is -2.38. The molecule has 32 heavy (non-hydrogen) atoms. The molecule has 2 heterocycles. The summed E-state index contributed by atoms with van der Waals surface area (Å²) in [6.07, 6.45) is 0.00984. The van der Waals surface area contributed by atoms with E-state index in [9.17, 15) is 9.59 Å². The Morgan fingerprint density at radius 3 is 2.53 bits per heavy atom. The second-order valence-corrected chi connectivity index (χ2v) is 9.32. The second-order valence-electron chi connectivity index (χ2n) is 8.50. The molecule has 0 aliphatic carbocycles. The van der Waals surface area contributed by atoms with Gasteiger partial charge in [0.2, 0.25) is 5.88 Å². The van der Waals surface area contributed by atoms with Crippen molar-refractivity contribution >= 4 is 35.1 Å². The number of hydrogen-bond donors (Lipinski definition) is 1. The molecule has 1 aromatic heterocycles. The van der Waals surface area contributed by atoms with E-state index in [1.807, 2.05) is 0 Å². The smallest absolute Gasteiger partial charge is 0.408 e. The van der Waals surface area contributed by atoms with Crippen LogP contribution < -0.4 is 10.1 Å². The average molecular weight is 481 g/mol. The monoisotopic (exact) mass is 480 g/mol. The van der Waals surface area contributed by atoms with E-state index in [0.29, 0.717) is 40.9 Å². The molecular weight excluding hydrogens is 455 g/mol. The van der Waals surface area contributed by atoms with Crippen LogP contribution in [0.2, 0.25) is 10.0 Å². The first-order valence-corrected chi connectivity index (χ1v) is 11.0. The molecule has 2 unspecified atom stereocenters. The Morgan fingerprint density at radius 1 is 1.19 bits per heavy atom. The molecule has 172 valence electrons. The van der Waals surface area contributed by atoms with Crippen LogP contribution in [0.3, 0.4) is 0 Å². The molecule has 1 N–H and O–H groups in total. The van der Waals surface area contributed by atoms with Gasteiger partial charge in [0.25, 0.3) is 0 Å². The molecule has 1 fully saturated rings. The number of aryl methyl sites for hydroxylation is 1. The van der Waals surface area contributed by atoms with E-state index in [2.05, 4.69) is 10.3 Å². The molecule has 1 aromatic carbocycles. The number of aromatic nitrogens is 1. The zero-order valence-corrected chi connectivity index (χ0v) is 19.9. The molecule has 7 nitrogen and oxygen atoms in total. The highest BCUT2D eigenvalue weighted by atomic mass is 35.5. The van der Waals surface area contributed by atoms with Crippen LogP contribution in [0.1, 0.15) is 54.8 Å². The minimum atomic E-state index is -1.05. The number of nitrogens with zero attached hydrogens (tertiary/aromatic N) is 1. The molecule has 1 aliphatic rings. The van der Waals surface area contributed by atoms with Gasteiger partial charge in [-0.3, -0.25) is 4.79 Å². The number of Topliss-reactive ketones (excluding diaryl/α,β-unsaturated/α-hetero) is 1. The van der Waals surface area contributed by atoms with E-state index < -0.39 is 17.7 Å². The average Bonchev–Trinajstić information content (AvgIpc) is 3.20. The van der Waals surface area contributed by atoms with Crippen molar-refractivity contribution in [2.45, 2.75) is 51.9 Å². The number of pyridine rings is 1. The maximum absolute atomic E-state index is 13.5. The summed E-state index contributed by atoms with van der Waals surface area (Å²) in [6, 6.07) is 6.98. The largest absolute Gasteiger partial charge is 0.472 e. The minimum absolute atomic E-state index is 0.0544. The summed E-state index contributed by atoms with van der Waals surface area (Å²) in [5, 5.41) is 3.26. The first kappa shape index (κ1) is 24.3. The quantitative estimate of drug-likeness (QED) is 0.563. The van der Waals surface area contributed by atoms with Gasteiger partial charge in [0.05, 0.1) is 29.0 Å². The van der Waals surface area contributed by atoms with Crippen molar-refractivity contribution in [2.24, 2.45) is 0 Å². The molecule has 0 saturated carbocycles. The number of halogens is 2. The van der Waals surface area contributed by atoms with Crippen molar-refractivity contribution in [3.8, 4) is 5.88 Å². The number of amides is 1. The van der Waals surface area contributed by atoms with E-state index in [-0.39, 0.29) is 16.9 Å². The Bertz CT molecular complexity index is 1000. The fraction of sp³-hybridized carbons (Fsp3) is 0.435. The van der Waals surface area contributed by atoms with Crippen molar-refractivity contribution in [1.29, 1.82) is 0 Å². The van der Waals surface area contributed by atoms with Crippen molar-refractivity contribution < 1.29 is 23.8 Å². The summed E-state index contributed by atoms with van der Waals surface area (Å²) in [5.41, 5.74) is 0.558. The number of ketones is 1. The standard InChI is InChI=1S/C23H26Cl2N2O5/c1-13-16(6-8-19(26-13)31-15-9-10-30-12-15)21(28)20(27-22(29)32-23(2,3)4)14-5-7-17(24)18(25)11-14/h5-8,11,15,20H,9-10,12H2,1-4H3,(H,27,29). The van der Waals surface area contributed by atoms with Gasteiger partial charge in [0.15, 0.2) is 5.78 Å². The molecule has 0 bridgehead atoms. The Balaban J connectivity index is 1.88. The third kappa shape index (κ3) is 6.34. The molecule has 1 aliphatic heterocycles. The predicted molar refractivity (Wildman–Crippen MR) is 122 cm³/mol. The van der Waals surface area contributed by atoms with Crippen LogP contribution >= 0.6 is 23.2 Å². The SMILES string of the molecule is Cc1nc(OC2CCOC2)ccc1C(=O)C(NC(=O)OC(C)(C)C)c1ccc(Cl)c(Cl)c1. The van der Waals surface area contributed by atoms with Crippen LogP contribution in [-0.2, 0) is 9.47 Å². The predicted octanol–water partition coefficient (Wildman–Crippen LogP) is 5.31. The van der Waals surface area contributed by atoms with Gasteiger partial charge in [-0.25, -0.2) is 9.78 Å². The maximum atomic E-state index is 13.5. The number of hydrogen-bond acceptors (Lipinski definition) is 6. The zero-order chi connectivity index (χ0) is 23.5. The van der Waals surface area contributed by atoms with Crippen molar-refractivity contribution in [3.63, 3.8) is 0 Å². The van der Waals surface area contributed by atoms with Gasteiger partial charge in [0, 0.05) is 18.1 Å². The van der Waals surface area contributed by atoms with Gasteiger partial charge in [0.1, 0.15) is 17.7 Å². The number of carbonyl (C=O) groups excluding carboxylic acids is 2.